The number of amidine groups is 1. The molecule has 2 unspecified atom stereocenters. The van der Waals surface area contributed by atoms with Crippen molar-refractivity contribution in [2.24, 2.45) is 17.6 Å². The number of hydrogen-bond donors (Lipinski definition) is 2. The number of benzene rings is 2. The smallest absolute Gasteiger partial charge is 0.270 e. The number of nitrogen functional groups attached to an aromatic ring is 1. The topological polar surface area (TPSA) is 109 Å². The fraction of sp³-hybridized carbons (Fsp3) is 0.407. The molecule has 1 aliphatic carbocycles. The predicted molar refractivity (Wildman–Crippen MR) is 137 cm³/mol. The molecule has 3 N–H and O–H groups in total. The zero-order valence-corrected chi connectivity index (χ0v) is 20.6. The molecule has 7 nitrogen and oxygen atoms in total. The molecule has 1 amide bonds. The van der Waals surface area contributed by atoms with Gasteiger partial charge in [0.25, 0.3) is 5.91 Å². The van der Waals surface area contributed by atoms with Gasteiger partial charge in [0.15, 0.2) is 9.84 Å². The molecule has 2 heterocycles. The van der Waals surface area contributed by atoms with E-state index in [-0.39, 0.29) is 28.9 Å². The summed E-state index contributed by atoms with van der Waals surface area (Å²) < 4.78 is 27.8. The van der Waals surface area contributed by atoms with Crippen LogP contribution in [0.15, 0.2) is 59.5 Å². The van der Waals surface area contributed by atoms with Gasteiger partial charge in [-0.1, -0.05) is 49.6 Å². The maximum atomic E-state index is 13.8. The van der Waals surface area contributed by atoms with Crippen LogP contribution in [0.4, 0.5) is 0 Å². The Bertz CT molecular complexity index is 1360. The summed E-state index contributed by atoms with van der Waals surface area (Å²) in [4.78, 5) is 16.0. The van der Waals surface area contributed by atoms with Gasteiger partial charge in [0, 0.05) is 36.1 Å². The van der Waals surface area contributed by atoms with Crippen LogP contribution in [0.5, 0.6) is 0 Å². The number of likely N-dealkylation sites (tertiary alicyclic amines) is 1. The lowest BCUT2D eigenvalue weighted by Gasteiger charge is -2.41. The first-order valence-electron chi connectivity index (χ1n) is 12.4. The highest BCUT2D eigenvalue weighted by atomic mass is 32.2. The van der Waals surface area contributed by atoms with Crippen LogP contribution in [0.1, 0.15) is 48.2 Å². The summed E-state index contributed by atoms with van der Waals surface area (Å²) >= 11 is 0. The highest BCUT2D eigenvalue weighted by Gasteiger charge is 2.34. The van der Waals surface area contributed by atoms with Crippen molar-refractivity contribution in [1.29, 1.82) is 5.41 Å². The van der Waals surface area contributed by atoms with E-state index >= 15 is 0 Å². The maximum Gasteiger partial charge on any atom is 0.270 e. The van der Waals surface area contributed by atoms with Crippen LogP contribution in [-0.2, 0) is 16.4 Å². The molecule has 0 radical (unpaired) electrons. The number of hydrogen-bond acceptors (Lipinski definition) is 4. The molecule has 3 aromatic rings. The van der Waals surface area contributed by atoms with E-state index in [9.17, 15) is 13.2 Å². The number of aromatic nitrogens is 1. The van der Waals surface area contributed by atoms with E-state index < -0.39 is 9.84 Å². The molecule has 2 aromatic carbocycles. The summed E-state index contributed by atoms with van der Waals surface area (Å²) in [6, 6.07) is 15.6. The van der Waals surface area contributed by atoms with Gasteiger partial charge in [-0.05, 0) is 48.9 Å². The fourth-order valence-corrected chi connectivity index (χ4v) is 6.98. The Hall–Kier alpha value is -3.13. The van der Waals surface area contributed by atoms with Gasteiger partial charge in [-0.15, -0.1) is 0 Å². The third kappa shape index (κ3) is 4.72. The highest BCUT2D eigenvalue weighted by Crippen LogP contribution is 2.36. The molecule has 1 aromatic heterocycles. The third-order valence-electron chi connectivity index (χ3n) is 7.70. The third-order valence-corrected chi connectivity index (χ3v) is 9.41. The number of carbonyl (C=O) groups is 1. The second-order valence-corrected chi connectivity index (χ2v) is 12.0. The van der Waals surface area contributed by atoms with Crippen molar-refractivity contribution in [2.45, 2.75) is 43.5 Å². The Labute approximate surface area is 206 Å². The van der Waals surface area contributed by atoms with Crippen LogP contribution in [-0.4, -0.2) is 48.5 Å². The minimum Gasteiger partial charge on any atom is -0.384 e. The van der Waals surface area contributed by atoms with E-state index in [1.54, 1.807) is 47.0 Å². The minimum atomic E-state index is -3.53. The van der Waals surface area contributed by atoms with Gasteiger partial charge in [-0.25, -0.2) is 8.42 Å². The number of nitrogens with two attached hydrogens (primary N) is 1. The Morgan fingerprint density at radius 2 is 1.74 bits per heavy atom. The Balaban J connectivity index is 1.49. The van der Waals surface area contributed by atoms with Gasteiger partial charge in [-0.3, -0.25) is 10.2 Å². The molecule has 5 rings (SSSR count). The standard InChI is InChI=1S/C27H32N4O3S/c28-26(29)21-11-10-20-16-25(27(32)30-13-12-19-6-4-5-7-22(19)18-30)31(24(20)17-21)14-15-35(33,34)23-8-2-1-3-9-23/h1-3,8-11,16-17,19,22H,4-7,12-15,18H2,(H3,28,29). The average molecular weight is 493 g/mol. The normalized spacial score (nSPS) is 20.5. The van der Waals surface area contributed by atoms with Gasteiger partial charge in [0.2, 0.25) is 0 Å². The summed E-state index contributed by atoms with van der Waals surface area (Å²) in [5.74, 6) is 1.03. The van der Waals surface area contributed by atoms with Crippen molar-refractivity contribution in [2.75, 3.05) is 18.8 Å². The molecule has 184 valence electrons. The number of piperidine rings is 1. The van der Waals surface area contributed by atoms with Crippen LogP contribution < -0.4 is 5.73 Å². The number of amides is 1. The molecule has 0 spiro atoms. The largest absolute Gasteiger partial charge is 0.384 e. The maximum absolute atomic E-state index is 13.8. The highest BCUT2D eigenvalue weighted by molar-refractivity contribution is 7.91. The van der Waals surface area contributed by atoms with E-state index in [0.717, 1.165) is 30.4 Å². The van der Waals surface area contributed by atoms with Crippen molar-refractivity contribution in [3.8, 4) is 0 Å². The SMILES string of the molecule is N=C(N)c1ccc2cc(C(=O)N3CCC4CCCCC4C3)n(CCS(=O)(=O)c3ccccc3)c2c1. The molecular formula is C27H32N4O3S. The number of fused-ring (bicyclic) bond motifs is 2. The van der Waals surface area contributed by atoms with Gasteiger partial charge in [0.1, 0.15) is 11.5 Å². The van der Waals surface area contributed by atoms with E-state index in [4.69, 9.17) is 11.1 Å². The number of sulfone groups is 1. The quantitative estimate of drug-likeness (QED) is 0.400. The zero-order valence-electron chi connectivity index (χ0n) is 19.8. The van der Waals surface area contributed by atoms with Crippen molar-refractivity contribution in [3.05, 3.63) is 65.9 Å². The summed E-state index contributed by atoms with van der Waals surface area (Å²) in [7, 11) is -3.53. The van der Waals surface area contributed by atoms with Gasteiger partial charge in [-0.2, -0.15) is 0 Å². The summed E-state index contributed by atoms with van der Waals surface area (Å²) in [5, 5.41) is 8.67. The molecule has 35 heavy (non-hydrogen) atoms. The zero-order chi connectivity index (χ0) is 24.6. The number of nitrogens with zero attached hydrogens (tertiary/aromatic N) is 2. The van der Waals surface area contributed by atoms with E-state index in [2.05, 4.69) is 0 Å². The van der Waals surface area contributed by atoms with Gasteiger partial charge < -0.3 is 15.2 Å². The molecule has 1 saturated carbocycles. The van der Waals surface area contributed by atoms with E-state index in [1.165, 1.54) is 25.7 Å². The van der Waals surface area contributed by atoms with Crippen LogP contribution in [0.2, 0.25) is 0 Å². The van der Waals surface area contributed by atoms with Crippen LogP contribution in [0.3, 0.4) is 0 Å². The van der Waals surface area contributed by atoms with Crippen molar-refractivity contribution >= 4 is 32.5 Å². The lowest BCUT2D eigenvalue weighted by molar-refractivity contribution is 0.0511. The molecule has 1 aliphatic heterocycles. The number of aryl methyl sites for hydroxylation is 1. The average Bonchev–Trinajstić information content (AvgIpc) is 3.25. The lowest BCUT2D eigenvalue weighted by Crippen LogP contribution is -2.45. The first-order valence-corrected chi connectivity index (χ1v) is 14.0. The summed E-state index contributed by atoms with van der Waals surface area (Å²) in [6.07, 6.45) is 5.99. The number of nitrogens with one attached hydrogen (secondary N) is 1. The molecule has 8 heteroatoms. The second kappa shape index (κ2) is 9.49. The first kappa shape index (κ1) is 23.6. The van der Waals surface area contributed by atoms with Crippen LogP contribution in [0.25, 0.3) is 10.9 Å². The van der Waals surface area contributed by atoms with E-state index in [0.29, 0.717) is 23.1 Å². The summed E-state index contributed by atoms with van der Waals surface area (Å²) in [5.41, 5.74) is 7.49. The number of rotatable bonds is 6. The Morgan fingerprint density at radius 3 is 2.49 bits per heavy atom. The van der Waals surface area contributed by atoms with Crippen molar-refractivity contribution in [1.82, 2.24) is 9.47 Å². The van der Waals surface area contributed by atoms with Crippen LogP contribution >= 0.6 is 0 Å². The van der Waals surface area contributed by atoms with Crippen LogP contribution in [0, 0.1) is 17.2 Å². The molecule has 2 aliphatic rings. The van der Waals surface area contributed by atoms with Gasteiger partial charge >= 0.3 is 0 Å². The molecular weight excluding hydrogens is 460 g/mol. The Kier molecular flexibility index (Phi) is 6.40. The Morgan fingerprint density at radius 1 is 1.00 bits per heavy atom. The number of carbonyl (C=O) groups excluding carboxylic acids is 1. The van der Waals surface area contributed by atoms with E-state index in [1.807, 2.05) is 17.0 Å². The molecule has 2 fully saturated rings. The van der Waals surface area contributed by atoms with Crippen molar-refractivity contribution < 1.29 is 13.2 Å². The monoisotopic (exact) mass is 492 g/mol. The molecule has 1 saturated heterocycles. The lowest BCUT2D eigenvalue weighted by atomic mass is 9.75. The molecule has 0 bridgehead atoms. The van der Waals surface area contributed by atoms with Crippen molar-refractivity contribution in [3.63, 3.8) is 0 Å². The summed E-state index contributed by atoms with van der Waals surface area (Å²) in [6.45, 7) is 1.65. The molecule has 2 atom stereocenters. The van der Waals surface area contributed by atoms with Gasteiger partial charge in [0.05, 0.1) is 10.6 Å². The first-order chi connectivity index (χ1) is 16.8. The minimum absolute atomic E-state index is 0.0493. The second-order valence-electron chi connectivity index (χ2n) is 9.84. The fourth-order valence-electron chi connectivity index (χ4n) is 5.74. The predicted octanol–water partition coefficient (Wildman–Crippen LogP) is 4.05.